The lowest BCUT2D eigenvalue weighted by atomic mass is 10.0. The van der Waals surface area contributed by atoms with Gasteiger partial charge in [-0.15, -0.1) is 24.0 Å². The van der Waals surface area contributed by atoms with Gasteiger partial charge in [0.15, 0.2) is 5.96 Å². The minimum atomic E-state index is 0. The first-order chi connectivity index (χ1) is 12.0. The molecule has 0 amide bonds. The minimum Gasteiger partial charge on any atom is -0.496 e. The summed E-state index contributed by atoms with van der Waals surface area (Å²) in [6.45, 7) is 10.5. The second-order valence-corrected chi connectivity index (χ2v) is 6.15. The molecule has 1 aromatic carbocycles. The maximum absolute atomic E-state index is 5.49. The fourth-order valence-electron chi connectivity index (χ4n) is 2.65. The zero-order valence-corrected chi connectivity index (χ0v) is 18.6. The Kier molecular flexibility index (Phi) is 9.47. The van der Waals surface area contributed by atoms with E-state index in [2.05, 4.69) is 53.6 Å². The zero-order valence-electron chi connectivity index (χ0n) is 16.2. The maximum Gasteiger partial charge on any atom is 0.191 e. The zero-order chi connectivity index (χ0) is 18.2. The molecule has 0 aliphatic carbocycles. The molecule has 144 valence electrons. The molecule has 0 aliphatic heterocycles. The van der Waals surface area contributed by atoms with Gasteiger partial charge in [0.2, 0.25) is 0 Å². The van der Waals surface area contributed by atoms with Crippen molar-refractivity contribution in [2.24, 2.45) is 4.99 Å². The monoisotopic (exact) mass is 471 g/mol. The highest BCUT2D eigenvalue weighted by Crippen LogP contribution is 2.25. The van der Waals surface area contributed by atoms with E-state index in [0.29, 0.717) is 6.54 Å². The quantitative estimate of drug-likeness (QED) is 0.369. The number of aliphatic imine (C=N–C) groups is 1. The fraction of sp³-hybridized carbons (Fsp3) is 0.474. The molecule has 2 aromatic rings. The SMILES string of the molecule is CCNC(=NCCn1cc(C)cn1)NC(C)c1cc(C)ccc1OC.I. The lowest BCUT2D eigenvalue weighted by Crippen LogP contribution is -2.39. The molecule has 2 rings (SSSR count). The third-order valence-electron chi connectivity index (χ3n) is 3.91. The molecule has 1 atom stereocenters. The third-order valence-corrected chi connectivity index (χ3v) is 3.91. The van der Waals surface area contributed by atoms with Gasteiger partial charge in [-0.2, -0.15) is 5.10 Å². The molecule has 2 N–H and O–H groups in total. The van der Waals surface area contributed by atoms with Crippen LogP contribution in [0.15, 0.2) is 35.6 Å². The summed E-state index contributed by atoms with van der Waals surface area (Å²) in [5, 5.41) is 11.0. The van der Waals surface area contributed by atoms with Gasteiger partial charge in [-0.1, -0.05) is 17.7 Å². The van der Waals surface area contributed by atoms with Crippen molar-refractivity contribution in [2.45, 2.75) is 40.3 Å². The van der Waals surface area contributed by atoms with Crippen LogP contribution in [0.5, 0.6) is 5.75 Å². The molecule has 0 aliphatic rings. The van der Waals surface area contributed by atoms with Crippen molar-refractivity contribution in [3.8, 4) is 5.75 Å². The molecule has 0 spiro atoms. The Morgan fingerprint density at radius 3 is 2.69 bits per heavy atom. The summed E-state index contributed by atoms with van der Waals surface area (Å²) in [4.78, 5) is 4.65. The van der Waals surface area contributed by atoms with Crippen molar-refractivity contribution in [2.75, 3.05) is 20.2 Å². The smallest absolute Gasteiger partial charge is 0.191 e. The molecule has 6 nitrogen and oxygen atoms in total. The second kappa shape index (κ2) is 11.1. The summed E-state index contributed by atoms with van der Waals surface area (Å²) < 4.78 is 7.40. The Morgan fingerprint density at radius 2 is 2.08 bits per heavy atom. The predicted octanol–water partition coefficient (Wildman–Crippen LogP) is 3.44. The van der Waals surface area contributed by atoms with E-state index >= 15 is 0 Å². The summed E-state index contributed by atoms with van der Waals surface area (Å²) in [6, 6.07) is 6.29. The second-order valence-electron chi connectivity index (χ2n) is 6.15. The molecular formula is C19H30IN5O. The topological polar surface area (TPSA) is 63.5 Å². The van der Waals surface area contributed by atoms with Gasteiger partial charge in [0, 0.05) is 18.3 Å². The first-order valence-electron chi connectivity index (χ1n) is 8.72. The number of aryl methyl sites for hydroxylation is 2. The number of nitrogens with one attached hydrogen (secondary N) is 2. The van der Waals surface area contributed by atoms with Gasteiger partial charge in [0.05, 0.1) is 32.4 Å². The van der Waals surface area contributed by atoms with E-state index in [-0.39, 0.29) is 30.0 Å². The highest BCUT2D eigenvalue weighted by molar-refractivity contribution is 14.0. The lowest BCUT2D eigenvalue weighted by molar-refractivity contribution is 0.405. The van der Waals surface area contributed by atoms with Crippen LogP contribution in [0.3, 0.4) is 0 Å². The van der Waals surface area contributed by atoms with Gasteiger partial charge in [0.1, 0.15) is 5.75 Å². The first-order valence-corrected chi connectivity index (χ1v) is 8.72. The molecule has 0 saturated carbocycles. The first kappa shape index (κ1) is 22.3. The lowest BCUT2D eigenvalue weighted by Gasteiger charge is -2.20. The number of aromatic nitrogens is 2. The van der Waals surface area contributed by atoms with Gasteiger partial charge >= 0.3 is 0 Å². The van der Waals surface area contributed by atoms with Crippen molar-refractivity contribution >= 4 is 29.9 Å². The fourth-order valence-corrected chi connectivity index (χ4v) is 2.65. The summed E-state index contributed by atoms with van der Waals surface area (Å²) in [5.74, 6) is 1.68. The number of benzene rings is 1. The van der Waals surface area contributed by atoms with Crippen LogP contribution < -0.4 is 15.4 Å². The number of halogens is 1. The number of rotatable bonds is 7. The normalized spacial score (nSPS) is 12.3. The summed E-state index contributed by atoms with van der Waals surface area (Å²) in [6.07, 6.45) is 3.88. The standard InChI is InChI=1S/C19H29N5O.HI/c1-6-20-19(21-9-10-24-13-15(3)12-22-24)23-16(4)17-11-14(2)7-8-18(17)25-5;/h7-8,11-13,16H,6,9-10H2,1-5H3,(H2,20,21,23);1H. The van der Waals surface area contributed by atoms with Crippen molar-refractivity contribution in [1.82, 2.24) is 20.4 Å². The maximum atomic E-state index is 5.49. The molecule has 0 fully saturated rings. The van der Waals surface area contributed by atoms with Crippen LogP contribution in [0.4, 0.5) is 0 Å². The van der Waals surface area contributed by atoms with Crippen molar-refractivity contribution < 1.29 is 4.74 Å². The van der Waals surface area contributed by atoms with Gasteiger partial charge in [-0.3, -0.25) is 9.67 Å². The predicted molar refractivity (Wildman–Crippen MR) is 118 cm³/mol. The molecule has 0 radical (unpaired) electrons. The average Bonchev–Trinajstić information content (AvgIpc) is 3.00. The van der Waals surface area contributed by atoms with Gasteiger partial charge in [-0.25, -0.2) is 0 Å². The van der Waals surface area contributed by atoms with Crippen molar-refractivity contribution in [3.05, 3.63) is 47.3 Å². The Morgan fingerprint density at radius 1 is 1.31 bits per heavy atom. The van der Waals surface area contributed by atoms with Crippen LogP contribution in [0.1, 0.15) is 36.6 Å². The number of nitrogens with zero attached hydrogens (tertiary/aromatic N) is 3. The summed E-state index contributed by atoms with van der Waals surface area (Å²) in [7, 11) is 1.70. The largest absolute Gasteiger partial charge is 0.496 e. The van der Waals surface area contributed by atoms with Gasteiger partial charge in [-0.05, 0) is 39.3 Å². The van der Waals surface area contributed by atoms with Crippen LogP contribution >= 0.6 is 24.0 Å². The molecule has 1 unspecified atom stereocenters. The third kappa shape index (κ3) is 6.51. The Balaban J connectivity index is 0.00000338. The van der Waals surface area contributed by atoms with E-state index in [4.69, 9.17) is 4.74 Å². The van der Waals surface area contributed by atoms with Crippen LogP contribution in [0.25, 0.3) is 0 Å². The highest BCUT2D eigenvalue weighted by Gasteiger charge is 2.13. The summed E-state index contributed by atoms with van der Waals surface area (Å²) in [5.41, 5.74) is 3.49. The van der Waals surface area contributed by atoms with Crippen LogP contribution in [-0.4, -0.2) is 35.9 Å². The van der Waals surface area contributed by atoms with Gasteiger partial charge in [0.25, 0.3) is 0 Å². The summed E-state index contributed by atoms with van der Waals surface area (Å²) >= 11 is 0. The van der Waals surface area contributed by atoms with Crippen LogP contribution in [0.2, 0.25) is 0 Å². The Bertz CT molecular complexity index is 714. The van der Waals surface area contributed by atoms with Gasteiger partial charge < -0.3 is 15.4 Å². The van der Waals surface area contributed by atoms with Crippen molar-refractivity contribution in [3.63, 3.8) is 0 Å². The van der Waals surface area contributed by atoms with Crippen LogP contribution in [-0.2, 0) is 6.54 Å². The number of ether oxygens (including phenoxy) is 1. The number of hydrogen-bond donors (Lipinski definition) is 2. The van der Waals surface area contributed by atoms with E-state index in [1.807, 2.05) is 30.1 Å². The average molecular weight is 471 g/mol. The molecule has 26 heavy (non-hydrogen) atoms. The van der Waals surface area contributed by atoms with E-state index in [1.54, 1.807) is 7.11 Å². The minimum absolute atomic E-state index is 0. The van der Waals surface area contributed by atoms with E-state index in [9.17, 15) is 0 Å². The molecule has 1 aromatic heterocycles. The number of guanidine groups is 1. The number of methoxy groups -OCH3 is 1. The van der Waals surface area contributed by atoms with Crippen LogP contribution in [0, 0.1) is 13.8 Å². The molecule has 0 saturated heterocycles. The van der Waals surface area contributed by atoms with E-state index < -0.39 is 0 Å². The Labute approximate surface area is 173 Å². The van der Waals surface area contributed by atoms with Crippen molar-refractivity contribution in [1.29, 1.82) is 0 Å². The van der Waals surface area contributed by atoms with E-state index in [0.717, 1.165) is 35.9 Å². The molecule has 0 bridgehead atoms. The van der Waals surface area contributed by atoms with E-state index in [1.165, 1.54) is 5.56 Å². The highest BCUT2D eigenvalue weighted by atomic mass is 127. The Hall–Kier alpha value is -1.77. The molecule has 7 heteroatoms. The molecular weight excluding hydrogens is 441 g/mol. The molecule has 1 heterocycles. The number of hydrogen-bond acceptors (Lipinski definition) is 3.